The van der Waals surface area contributed by atoms with Gasteiger partial charge in [0.15, 0.2) is 0 Å². The largest absolute Gasteiger partial charge is 0.298 e. The lowest BCUT2D eigenvalue weighted by Crippen LogP contribution is -2.36. The summed E-state index contributed by atoms with van der Waals surface area (Å²) in [5.74, 6) is 1.43. The minimum atomic E-state index is 0.712. The summed E-state index contributed by atoms with van der Waals surface area (Å²) in [6.07, 6.45) is 2.38. The van der Waals surface area contributed by atoms with Gasteiger partial charge in [0.05, 0.1) is 21.1 Å². The topological polar surface area (TPSA) is 0 Å². The van der Waals surface area contributed by atoms with E-state index in [0.717, 1.165) is 10.4 Å². The van der Waals surface area contributed by atoms with Gasteiger partial charge in [0.2, 0.25) is 0 Å². The molecular formula is C17H30N+. The number of rotatable bonds is 5. The number of nitrogens with zero attached hydrogens (tertiary/aromatic N) is 1. The summed E-state index contributed by atoms with van der Waals surface area (Å²) < 4.78 is 0.911. The van der Waals surface area contributed by atoms with Crippen LogP contribution in [0.3, 0.4) is 0 Å². The van der Waals surface area contributed by atoms with Gasteiger partial charge in [-0.25, -0.2) is 0 Å². The van der Waals surface area contributed by atoms with Gasteiger partial charge in [-0.05, 0) is 36.3 Å². The van der Waals surface area contributed by atoms with Crippen LogP contribution in [0.15, 0.2) is 18.2 Å². The van der Waals surface area contributed by atoms with Crippen LogP contribution in [-0.2, 0) is 12.8 Å². The molecule has 1 aromatic carbocycles. The average molecular weight is 248 g/mol. The zero-order chi connectivity index (χ0) is 13.9. The third-order valence-electron chi connectivity index (χ3n) is 3.21. The highest BCUT2D eigenvalue weighted by Crippen LogP contribution is 2.29. The lowest BCUT2D eigenvalue weighted by Gasteiger charge is -2.28. The van der Waals surface area contributed by atoms with Crippen molar-refractivity contribution in [3.8, 4) is 0 Å². The fraction of sp³-hybridized carbons (Fsp3) is 0.647. The van der Waals surface area contributed by atoms with Gasteiger partial charge in [0, 0.05) is 5.56 Å². The molecule has 1 aromatic rings. The molecule has 1 heteroatoms. The third kappa shape index (κ3) is 4.13. The van der Waals surface area contributed by atoms with E-state index in [1.807, 2.05) is 0 Å². The lowest BCUT2D eigenvalue weighted by molar-refractivity contribution is 0.476. The van der Waals surface area contributed by atoms with E-state index in [-0.39, 0.29) is 0 Å². The summed E-state index contributed by atoms with van der Waals surface area (Å²) in [5, 5.41) is 0. The molecule has 0 aliphatic carbocycles. The molecule has 0 atom stereocenters. The second kappa shape index (κ2) is 5.88. The smallest absolute Gasteiger partial charge is 0.135 e. The predicted molar refractivity (Wildman–Crippen MR) is 83.1 cm³/mol. The van der Waals surface area contributed by atoms with Crippen LogP contribution < -0.4 is 4.48 Å². The Kier molecular flexibility index (Phi) is 4.98. The predicted octanol–water partition coefficient (Wildman–Crippen LogP) is 4.28. The van der Waals surface area contributed by atoms with E-state index in [1.165, 1.54) is 18.5 Å². The van der Waals surface area contributed by atoms with Gasteiger partial charge >= 0.3 is 0 Å². The number of hydrogen-bond donors (Lipinski definition) is 0. The molecule has 0 radical (unpaired) electrons. The summed E-state index contributed by atoms with van der Waals surface area (Å²) >= 11 is 0. The van der Waals surface area contributed by atoms with E-state index < -0.39 is 0 Å². The van der Waals surface area contributed by atoms with Crippen LogP contribution in [0, 0.1) is 11.8 Å². The molecule has 0 N–H and O–H groups in total. The summed E-state index contributed by atoms with van der Waals surface area (Å²) in [4.78, 5) is 0. The highest BCUT2D eigenvalue weighted by Gasteiger charge is 2.20. The molecule has 102 valence electrons. The van der Waals surface area contributed by atoms with Crippen molar-refractivity contribution < 1.29 is 0 Å². The van der Waals surface area contributed by atoms with E-state index in [2.05, 4.69) is 67.0 Å². The normalized spacial score (nSPS) is 12.5. The van der Waals surface area contributed by atoms with Gasteiger partial charge in [-0.15, -0.1) is 0 Å². The van der Waals surface area contributed by atoms with Crippen molar-refractivity contribution in [1.82, 2.24) is 4.48 Å². The van der Waals surface area contributed by atoms with Crippen LogP contribution in [-0.4, -0.2) is 21.1 Å². The minimum absolute atomic E-state index is 0.712. The van der Waals surface area contributed by atoms with Crippen molar-refractivity contribution in [2.75, 3.05) is 21.1 Å². The molecule has 18 heavy (non-hydrogen) atoms. The Hall–Kier alpha value is -0.820. The SMILES string of the molecule is CC(C)Cc1cccc([N+](C)(C)C)c1CC(C)C. The Morgan fingerprint density at radius 1 is 0.889 bits per heavy atom. The molecule has 0 unspecified atom stereocenters. The molecule has 0 amide bonds. The molecule has 0 aliphatic heterocycles. The maximum absolute atomic E-state index is 2.32. The molecule has 0 heterocycles. The number of benzene rings is 1. The molecular weight excluding hydrogens is 218 g/mol. The van der Waals surface area contributed by atoms with Crippen molar-refractivity contribution in [3.63, 3.8) is 0 Å². The van der Waals surface area contributed by atoms with Crippen LogP contribution in [0.5, 0.6) is 0 Å². The average Bonchev–Trinajstić information content (AvgIpc) is 2.17. The summed E-state index contributed by atoms with van der Waals surface area (Å²) in [5.41, 5.74) is 4.60. The molecule has 0 spiro atoms. The zero-order valence-electron chi connectivity index (χ0n) is 13.2. The molecule has 0 aromatic heterocycles. The fourth-order valence-electron chi connectivity index (χ4n) is 2.52. The second-order valence-electron chi connectivity index (χ2n) is 7.12. The van der Waals surface area contributed by atoms with Gasteiger partial charge in [0.1, 0.15) is 5.69 Å². The van der Waals surface area contributed by atoms with Gasteiger partial charge in [-0.2, -0.15) is 0 Å². The number of quaternary nitrogens is 1. The monoisotopic (exact) mass is 248 g/mol. The Bertz CT molecular complexity index is 383. The van der Waals surface area contributed by atoms with Crippen molar-refractivity contribution in [2.45, 2.75) is 40.5 Å². The molecule has 0 fully saturated rings. The maximum atomic E-state index is 2.32. The van der Waals surface area contributed by atoms with E-state index >= 15 is 0 Å². The fourth-order valence-corrected chi connectivity index (χ4v) is 2.52. The summed E-state index contributed by atoms with van der Waals surface area (Å²) in [6, 6.07) is 6.83. The summed E-state index contributed by atoms with van der Waals surface area (Å²) in [7, 11) is 6.79. The van der Waals surface area contributed by atoms with Crippen molar-refractivity contribution in [3.05, 3.63) is 29.3 Å². The first-order valence-electron chi connectivity index (χ1n) is 7.14. The summed E-state index contributed by atoms with van der Waals surface area (Å²) in [6.45, 7) is 9.23. The lowest BCUT2D eigenvalue weighted by atomic mass is 9.91. The first kappa shape index (κ1) is 15.2. The van der Waals surface area contributed by atoms with Crippen molar-refractivity contribution in [2.24, 2.45) is 11.8 Å². The van der Waals surface area contributed by atoms with Crippen LogP contribution in [0.2, 0.25) is 0 Å². The molecule has 1 rings (SSSR count). The third-order valence-corrected chi connectivity index (χ3v) is 3.21. The van der Waals surface area contributed by atoms with Crippen LogP contribution in [0.1, 0.15) is 38.8 Å². The van der Waals surface area contributed by atoms with Crippen LogP contribution in [0.4, 0.5) is 5.69 Å². The van der Waals surface area contributed by atoms with Crippen molar-refractivity contribution >= 4 is 5.69 Å². The van der Waals surface area contributed by atoms with E-state index in [4.69, 9.17) is 0 Å². The Labute approximate surface area is 113 Å². The van der Waals surface area contributed by atoms with E-state index in [9.17, 15) is 0 Å². The Morgan fingerprint density at radius 2 is 1.44 bits per heavy atom. The van der Waals surface area contributed by atoms with Crippen LogP contribution >= 0.6 is 0 Å². The molecule has 0 saturated heterocycles. The maximum Gasteiger partial charge on any atom is 0.135 e. The Morgan fingerprint density at radius 3 is 1.89 bits per heavy atom. The first-order chi connectivity index (χ1) is 8.21. The zero-order valence-corrected chi connectivity index (χ0v) is 13.2. The highest BCUT2D eigenvalue weighted by molar-refractivity contribution is 5.53. The standard InChI is InChI=1S/C17H30N/c1-13(2)11-15-9-8-10-17(18(5,6)7)16(15)12-14(3)4/h8-10,13-14H,11-12H2,1-7H3/q+1. The van der Waals surface area contributed by atoms with Gasteiger partial charge in [-0.1, -0.05) is 39.8 Å². The molecule has 1 nitrogen and oxygen atoms in total. The highest BCUT2D eigenvalue weighted by atomic mass is 15.3. The molecule has 0 aliphatic rings. The first-order valence-corrected chi connectivity index (χ1v) is 7.14. The van der Waals surface area contributed by atoms with Gasteiger partial charge in [0.25, 0.3) is 0 Å². The molecule has 0 saturated carbocycles. The van der Waals surface area contributed by atoms with Crippen LogP contribution in [0.25, 0.3) is 0 Å². The quantitative estimate of drug-likeness (QED) is 0.682. The Balaban J connectivity index is 3.25. The number of hydrogen-bond acceptors (Lipinski definition) is 0. The van der Waals surface area contributed by atoms with Crippen molar-refractivity contribution in [1.29, 1.82) is 0 Å². The molecule has 0 bridgehead atoms. The second-order valence-corrected chi connectivity index (χ2v) is 7.12. The van der Waals surface area contributed by atoms with Gasteiger partial charge in [-0.3, -0.25) is 4.48 Å². The van der Waals surface area contributed by atoms with E-state index in [1.54, 1.807) is 11.1 Å². The van der Waals surface area contributed by atoms with Gasteiger partial charge < -0.3 is 0 Å². The minimum Gasteiger partial charge on any atom is -0.298 e. The van der Waals surface area contributed by atoms with E-state index in [0.29, 0.717) is 5.92 Å².